The summed E-state index contributed by atoms with van der Waals surface area (Å²) in [4.78, 5) is 4.41. The van der Waals surface area contributed by atoms with Crippen LogP contribution >= 0.6 is 22.9 Å². The largest absolute Gasteiger partial charge is 0.259 e. The minimum Gasteiger partial charge on any atom is -0.259 e. The quantitative estimate of drug-likeness (QED) is 0.816. The summed E-state index contributed by atoms with van der Waals surface area (Å²) in [5.41, 5.74) is 0.889. The van der Waals surface area contributed by atoms with E-state index in [0.29, 0.717) is 22.5 Å². The van der Waals surface area contributed by atoms with Gasteiger partial charge in [0, 0.05) is 27.1 Å². The Morgan fingerprint density at radius 1 is 1.73 bits per heavy atom. The van der Waals surface area contributed by atoms with E-state index >= 15 is 0 Å². The fourth-order valence-electron chi connectivity index (χ4n) is 1.04. The van der Waals surface area contributed by atoms with Gasteiger partial charge >= 0.3 is 0 Å². The number of nitrogens with zero attached hydrogens (tertiary/aromatic N) is 1. The number of rotatable bonds is 5. The van der Waals surface area contributed by atoms with E-state index in [-0.39, 0.29) is 0 Å². The fraction of sp³-hybridized carbons (Fsp3) is 0.500. The molecule has 84 valence electrons. The molecule has 1 heterocycles. The summed E-state index contributed by atoms with van der Waals surface area (Å²) in [7, 11) is -0.988. The summed E-state index contributed by atoms with van der Waals surface area (Å²) in [6.45, 7) is 7.72. The molecular formula is C10H14ClNOS2. The summed E-state index contributed by atoms with van der Waals surface area (Å²) >= 11 is 7.21. The van der Waals surface area contributed by atoms with Crippen LogP contribution in [0.15, 0.2) is 17.0 Å². The third-order valence-electron chi connectivity index (χ3n) is 1.69. The van der Waals surface area contributed by atoms with Crippen LogP contribution in [0.2, 0.25) is 0 Å². The maximum absolute atomic E-state index is 11.5. The average Bonchev–Trinajstić information content (AvgIpc) is 2.50. The Hall–Kier alpha value is -0.190. The van der Waals surface area contributed by atoms with Crippen molar-refractivity contribution in [2.24, 2.45) is 0 Å². The molecule has 0 aliphatic carbocycles. The van der Waals surface area contributed by atoms with Crippen LogP contribution in [0.4, 0.5) is 0 Å². The molecule has 15 heavy (non-hydrogen) atoms. The topological polar surface area (TPSA) is 30.0 Å². The summed E-state index contributed by atoms with van der Waals surface area (Å²) in [6, 6.07) is 0. The smallest absolute Gasteiger partial charge is 0.0954 e. The lowest BCUT2D eigenvalue weighted by Crippen LogP contribution is -2.01. The third kappa shape index (κ3) is 4.45. The number of thiazole rings is 1. The molecule has 2 nitrogen and oxygen atoms in total. The zero-order valence-corrected chi connectivity index (χ0v) is 11.2. The van der Waals surface area contributed by atoms with Gasteiger partial charge in [-0.2, -0.15) is 0 Å². The van der Waals surface area contributed by atoms with Gasteiger partial charge < -0.3 is 0 Å². The second-order valence-corrected chi connectivity index (χ2v) is 6.46. The van der Waals surface area contributed by atoms with Crippen LogP contribution in [0.25, 0.3) is 0 Å². The highest BCUT2D eigenvalue weighted by molar-refractivity contribution is 7.84. The zero-order chi connectivity index (χ0) is 11.4. The molecule has 0 aromatic carbocycles. The minimum atomic E-state index is -0.988. The summed E-state index contributed by atoms with van der Waals surface area (Å²) < 4.78 is 11.5. The molecule has 0 radical (unpaired) electrons. The Balaban J connectivity index is 2.57. The molecule has 1 atom stereocenters. The standard InChI is InChI=1S/C10H14ClNOS2/c1-7(2)10-12-9(4-14-10)6-15(13)5-8(3)11/h4,7H,3,5-6H2,1-2H3. The Morgan fingerprint density at radius 2 is 2.40 bits per heavy atom. The second kappa shape index (κ2) is 5.77. The van der Waals surface area contributed by atoms with E-state index < -0.39 is 10.8 Å². The molecule has 0 bridgehead atoms. The van der Waals surface area contributed by atoms with E-state index in [1.54, 1.807) is 11.3 Å². The van der Waals surface area contributed by atoms with Gasteiger partial charge in [-0.15, -0.1) is 11.3 Å². The predicted octanol–water partition coefficient (Wildman–Crippen LogP) is 3.27. The van der Waals surface area contributed by atoms with E-state index in [2.05, 4.69) is 25.4 Å². The predicted molar refractivity (Wildman–Crippen MR) is 67.9 cm³/mol. The number of hydrogen-bond donors (Lipinski definition) is 0. The van der Waals surface area contributed by atoms with Crippen LogP contribution in [0.3, 0.4) is 0 Å². The molecule has 1 aromatic heterocycles. The number of hydrogen-bond acceptors (Lipinski definition) is 3. The summed E-state index contributed by atoms with van der Waals surface area (Å²) in [5, 5.41) is 3.49. The molecule has 1 rings (SSSR count). The van der Waals surface area contributed by atoms with Gasteiger partial charge in [-0.1, -0.05) is 32.0 Å². The fourth-order valence-corrected chi connectivity index (χ4v) is 3.28. The molecule has 0 N–H and O–H groups in total. The molecule has 0 aliphatic rings. The maximum Gasteiger partial charge on any atom is 0.0954 e. The summed E-state index contributed by atoms with van der Waals surface area (Å²) in [5.74, 6) is 1.24. The Kier molecular flexibility index (Phi) is 4.96. The van der Waals surface area contributed by atoms with Gasteiger partial charge in [0.05, 0.1) is 22.2 Å². The van der Waals surface area contributed by atoms with Crippen molar-refractivity contribution >= 4 is 33.7 Å². The molecule has 1 unspecified atom stereocenters. The van der Waals surface area contributed by atoms with E-state index in [1.807, 2.05) is 5.38 Å². The van der Waals surface area contributed by atoms with Crippen molar-refractivity contribution in [2.75, 3.05) is 5.75 Å². The van der Waals surface area contributed by atoms with Gasteiger partial charge in [0.25, 0.3) is 0 Å². The Bertz CT molecular complexity index is 373. The molecule has 5 heteroatoms. The van der Waals surface area contributed by atoms with Crippen molar-refractivity contribution in [3.63, 3.8) is 0 Å². The first-order valence-electron chi connectivity index (χ1n) is 4.61. The van der Waals surface area contributed by atoms with Crippen LogP contribution in [-0.2, 0) is 16.6 Å². The first-order valence-corrected chi connectivity index (χ1v) is 7.36. The van der Waals surface area contributed by atoms with Crippen molar-refractivity contribution in [2.45, 2.75) is 25.5 Å². The lowest BCUT2D eigenvalue weighted by atomic mass is 10.2. The maximum atomic E-state index is 11.5. The van der Waals surface area contributed by atoms with E-state index in [0.717, 1.165) is 10.7 Å². The Labute approximate surface area is 102 Å². The highest BCUT2D eigenvalue weighted by Crippen LogP contribution is 2.20. The molecule has 0 amide bonds. The highest BCUT2D eigenvalue weighted by atomic mass is 35.5. The van der Waals surface area contributed by atoms with Crippen LogP contribution in [0, 0.1) is 0 Å². The molecular weight excluding hydrogens is 250 g/mol. The van der Waals surface area contributed by atoms with E-state index in [9.17, 15) is 4.21 Å². The van der Waals surface area contributed by atoms with Gasteiger partial charge in [-0.3, -0.25) is 4.21 Å². The number of halogens is 1. The zero-order valence-electron chi connectivity index (χ0n) is 8.83. The summed E-state index contributed by atoms with van der Waals surface area (Å²) in [6.07, 6.45) is 0. The second-order valence-electron chi connectivity index (χ2n) is 3.58. The SMILES string of the molecule is C=C(Cl)CS(=O)Cc1csc(C(C)C)n1. The third-order valence-corrected chi connectivity index (χ3v) is 4.46. The van der Waals surface area contributed by atoms with Crippen LogP contribution in [0.5, 0.6) is 0 Å². The van der Waals surface area contributed by atoms with E-state index in [4.69, 9.17) is 11.6 Å². The van der Waals surface area contributed by atoms with Crippen LogP contribution < -0.4 is 0 Å². The number of aromatic nitrogens is 1. The van der Waals surface area contributed by atoms with Crippen molar-refractivity contribution in [1.82, 2.24) is 4.98 Å². The molecule has 0 saturated carbocycles. The van der Waals surface area contributed by atoms with Crippen molar-refractivity contribution in [3.8, 4) is 0 Å². The monoisotopic (exact) mass is 263 g/mol. The van der Waals surface area contributed by atoms with Gasteiger partial charge in [0.2, 0.25) is 0 Å². The molecule has 0 aliphatic heterocycles. The van der Waals surface area contributed by atoms with E-state index in [1.165, 1.54) is 0 Å². The first kappa shape index (κ1) is 12.9. The Morgan fingerprint density at radius 3 is 2.87 bits per heavy atom. The molecule has 0 spiro atoms. The van der Waals surface area contributed by atoms with Crippen LogP contribution in [0.1, 0.15) is 30.5 Å². The van der Waals surface area contributed by atoms with Gasteiger partial charge in [0.1, 0.15) is 0 Å². The minimum absolute atomic E-state index is 0.343. The van der Waals surface area contributed by atoms with Gasteiger partial charge in [0.15, 0.2) is 0 Å². The first-order chi connectivity index (χ1) is 6.99. The molecule has 0 fully saturated rings. The molecule has 0 saturated heterocycles. The van der Waals surface area contributed by atoms with Crippen molar-refractivity contribution in [3.05, 3.63) is 27.7 Å². The highest BCUT2D eigenvalue weighted by Gasteiger charge is 2.09. The lowest BCUT2D eigenvalue weighted by Gasteiger charge is -1.98. The average molecular weight is 264 g/mol. The van der Waals surface area contributed by atoms with Crippen LogP contribution in [-0.4, -0.2) is 14.9 Å². The van der Waals surface area contributed by atoms with Gasteiger partial charge in [-0.05, 0) is 0 Å². The molecule has 1 aromatic rings. The van der Waals surface area contributed by atoms with Crippen molar-refractivity contribution in [1.29, 1.82) is 0 Å². The lowest BCUT2D eigenvalue weighted by molar-refractivity contribution is 0.684. The van der Waals surface area contributed by atoms with Crippen molar-refractivity contribution < 1.29 is 4.21 Å². The normalized spacial score (nSPS) is 13.1. The van der Waals surface area contributed by atoms with Gasteiger partial charge in [-0.25, -0.2) is 4.98 Å².